The zero-order chi connectivity index (χ0) is 30.0. The first-order valence-corrected chi connectivity index (χ1v) is 16.0. The standard InChI is InChI=1S/C30H35F2N5O5S/c31-21-14-22(32)16-24(15-21)43(39,40)37-6-3-27-26(19-37)29(35-34-27)17-30(38)25-2-1-20(18-36-7-11-42-12-8-36)13-28(25)33-23-4-9-41-10-5-23/h1-2,13-16,23,33H,3-12,17-19H2,(H,34,35). The maximum atomic E-state index is 13.8. The van der Waals surface area contributed by atoms with E-state index in [0.29, 0.717) is 55.7 Å². The monoisotopic (exact) mass is 615 g/mol. The van der Waals surface area contributed by atoms with Crippen LogP contribution in [0.5, 0.6) is 0 Å². The lowest BCUT2D eigenvalue weighted by Crippen LogP contribution is -2.36. The van der Waals surface area contributed by atoms with Crippen molar-refractivity contribution in [1.29, 1.82) is 0 Å². The average molecular weight is 616 g/mol. The molecule has 6 rings (SSSR count). The van der Waals surface area contributed by atoms with Gasteiger partial charge in [0.2, 0.25) is 10.0 Å². The lowest BCUT2D eigenvalue weighted by molar-refractivity contribution is 0.0342. The first-order chi connectivity index (χ1) is 20.8. The molecule has 3 aliphatic rings. The molecule has 0 saturated carbocycles. The number of hydrogen-bond donors (Lipinski definition) is 2. The van der Waals surface area contributed by atoms with Crippen molar-refractivity contribution in [2.75, 3.05) is 51.4 Å². The van der Waals surface area contributed by atoms with E-state index in [2.05, 4.69) is 20.4 Å². The van der Waals surface area contributed by atoms with Gasteiger partial charge in [-0.1, -0.05) is 6.07 Å². The Balaban J connectivity index is 1.22. The summed E-state index contributed by atoms with van der Waals surface area (Å²) in [4.78, 5) is 15.7. The number of morpholine rings is 1. The summed E-state index contributed by atoms with van der Waals surface area (Å²) in [5, 5.41) is 10.9. The highest BCUT2D eigenvalue weighted by molar-refractivity contribution is 7.89. The third-order valence-corrected chi connectivity index (χ3v) is 10.1. The molecule has 3 aromatic rings. The molecule has 43 heavy (non-hydrogen) atoms. The number of carbonyl (C=O) groups excluding carboxylic acids is 1. The number of anilines is 1. The fraction of sp³-hybridized carbons (Fsp3) is 0.467. The second-order valence-corrected chi connectivity index (χ2v) is 13.2. The highest BCUT2D eigenvalue weighted by atomic mass is 32.2. The van der Waals surface area contributed by atoms with Crippen LogP contribution in [0.25, 0.3) is 0 Å². The molecule has 0 amide bonds. The van der Waals surface area contributed by atoms with Crippen LogP contribution in [0.3, 0.4) is 0 Å². The largest absolute Gasteiger partial charge is 0.382 e. The van der Waals surface area contributed by atoms with E-state index in [1.807, 2.05) is 18.2 Å². The maximum Gasteiger partial charge on any atom is 0.243 e. The quantitative estimate of drug-likeness (QED) is 0.353. The SMILES string of the molecule is O=C(Cc1n[nH]c2c1CN(S(=O)(=O)c1cc(F)cc(F)c1)CC2)c1ccc(CN2CCOCC2)cc1NC1CCOCC1. The molecule has 1 aromatic heterocycles. The van der Waals surface area contributed by atoms with Crippen LogP contribution in [-0.2, 0) is 45.4 Å². The first kappa shape index (κ1) is 29.8. The van der Waals surface area contributed by atoms with Gasteiger partial charge in [0.25, 0.3) is 0 Å². The Morgan fingerprint density at radius 2 is 1.72 bits per heavy atom. The van der Waals surface area contributed by atoms with Gasteiger partial charge in [0.05, 0.1) is 30.2 Å². The topological polar surface area (TPSA) is 117 Å². The third-order valence-electron chi connectivity index (χ3n) is 8.26. The Morgan fingerprint density at radius 3 is 2.47 bits per heavy atom. The predicted octanol–water partition coefficient (Wildman–Crippen LogP) is 3.28. The molecule has 13 heteroatoms. The van der Waals surface area contributed by atoms with Gasteiger partial charge in [0.15, 0.2) is 5.78 Å². The van der Waals surface area contributed by atoms with Crippen LogP contribution < -0.4 is 5.32 Å². The van der Waals surface area contributed by atoms with E-state index < -0.39 is 26.6 Å². The van der Waals surface area contributed by atoms with Crippen molar-refractivity contribution in [3.05, 3.63) is 76.1 Å². The minimum atomic E-state index is -4.17. The van der Waals surface area contributed by atoms with Crippen LogP contribution in [0, 0.1) is 11.6 Å². The van der Waals surface area contributed by atoms with Crippen LogP contribution in [0.1, 0.15) is 45.7 Å². The van der Waals surface area contributed by atoms with Crippen LogP contribution in [0.2, 0.25) is 0 Å². The van der Waals surface area contributed by atoms with Gasteiger partial charge in [-0.25, -0.2) is 17.2 Å². The van der Waals surface area contributed by atoms with Crippen molar-refractivity contribution in [2.24, 2.45) is 0 Å². The lowest BCUT2D eigenvalue weighted by atomic mass is 9.98. The Bertz CT molecular complexity index is 1570. The number of aromatic nitrogens is 2. The number of aromatic amines is 1. The van der Waals surface area contributed by atoms with Crippen LogP contribution in [-0.4, -0.2) is 85.7 Å². The number of H-pyrrole nitrogens is 1. The van der Waals surface area contributed by atoms with Crippen molar-refractivity contribution >= 4 is 21.5 Å². The number of sulfonamides is 1. The highest BCUT2D eigenvalue weighted by Crippen LogP contribution is 2.29. The second-order valence-electron chi connectivity index (χ2n) is 11.2. The van der Waals surface area contributed by atoms with E-state index in [1.54, 1.807) is 0 Å². The van der Waals surface area contributed by atoms with E-state index in [4.69, 9.17) is 9.47 Å². The molecule has 0 atom stereocenters. The molecule has 2 N–H and O–H groups in total. The van der Waals surface area contributed by atoms with Crippen LogP contribution in [0.15, 0.2) is 41.3 Å². The van der Waals surface area contributed by atoms with E-state index in [-0.39, 0.29) is 31.3 Å². The Hall–Kier alpha value is -3.23. The minimum Gasteiger partial charge on any atom is -0.382 e. The fourth-order valence-corrected chi connectivity index (χ4v) is 7.34. The summed E-state index contributed by atoms with van der Waals surface area (Å²) in [5.74, 6) is -2.08. The van der Waals surface area contributed by atoms with Gasteiger partial charge in [-0.05, 0) is 42.7 Å². The molecule has 0 aliphatic carbocycles. The van der Waals surface area contributed by atoms with Crippen molar-refractivity contribution < 1.29 is 31.5 Å². The number of nitrogens with one attached hydrogen (secondary N) is 2. The molecule has 4 heterocycles. The normalized spacial score (nSPS) is 18.8. The van der Waals surface area contributed by atoms with Crippen LogP contribution >= 0.6 is 0 Å². The number of carbonyl (C=O) groups is 1. The second kappa shape index (κ2) is 12.8. The van der Waals surface area contributed by atoms with Gasteiger partial charge in [0.1, 0.15) is 11.6 Å². The zero-order valence-electron chi connectivity index (χ0n) is 23.8. The van der Waals surface area contributed by atoms with Gasteiger partial charge in [0, 0.05) is 87.0 Å². The van der Waals surface area contributed by atoms with E-state index in [1.165, 1.54) is 4.31 Å². The fourth-order valence-electron chi connectivity index (χ4n) is 5.89. The minimum absolute atomic E-state index is 0.0282. The lowest BCUT2D eigenvalue weighted by Gasteiger charge is -2.28. The van der Waals surface area contributed by atoms with Gasteiger partial charge >= 0.3 is 0 Å². The number of nitrogens with zero attached hydrogens (tertiary/aromatic N) is 3. The summed E-state index contributed by atoms with van der Waals surface area (Å²) in [5.41, 5.74) is 4.23. The summed E-state index contributed by atoms with van der Waals surface area (Å²) in [6.07, 6.45) is 1.99. The molecule has 2 fully saturated rings. The summed E-state index contributed by atoms with van der Waals surface area (Å²) >= 11 is 0. The van der Waals surface area contributed by atoms with Crippen molar-refractivity contribution in [3.63, 3.8) is 0 Å². The van der Waals surface area contributed by atoms with Crippen LogP contribution in [0.4, 0.5) is 14.5 Å². The number of halogens is 2. The number of fused-ring (bicyclic) bond motifs is 1. The molecule has 3 aliphatic heterocycles. The van der Waals surface area contributed by atoms with E-state index in [9.17, 15) is 22.0 Å². The van der Waals surface area contributed by atoms with E-state index >= 15 is 0 Å². The number of ether oxygens (including phenoxy) is 2. The Kier molecular flexibility index (Phi) is 8.87. The number of rotatable bonds is 9. The average Bonchev–Trinajstić information content (AvgIpc) is 3.39. The van der Waals surface area contributed by atoms with Gasteiger partial charge in [-0.15, -0.1) is 0 Å². The van der Waals surface area contributed by atoms with Gasteiger partial charge < -0.3 is 14.8 Å². The van der Waals surface area contributed by atoms with Crippen molar-refractivity contribution in [3.8, 4) is 0 Å². The summed E-state index contributed by atoms with van der Waals surface area (Å²) in [7, 11) is -4.17. The molecule has 10 nitrogen and oxygen atoms in total. The van der Waals surface area contributed by atoms with Crippen molar-refractivity contribution in [2.45, 2.75) is 49.7 Å². The molecule has 2 saturated heterocycles. The first-order valence-electron chi connectivity index (χ1n) is 14.6. The summed E-state index contributed by atoms with van der Waals surface area (Å²) in [6.45, 7) is 5.26. The number of hydrogen-bond acceptors (Lipinski definition) is 8. The predicted molar refractivity (Wildman–Crippen MR) is 154 cm³/mol. The third kappa shape index (κ3) is 6.80. The maximum absolute atomic E-state index is 13.8. The molecule has 2 aromatic carbocycles. The van der Waals surface area contributed by atoms with Gasteiger partial charge in [-0.3, -0.25) is 14.8 Å². The highest BCUT2D eigenvalue weighted by Gasteiger charge is 2.32. The molecular weight excluding hydrogens is 580 g/mol. The molecule has 0 radical (unpaired) electrons. The number of ketones is 1. The Labute approximate surface area is 249 Å². The molecular formula is C30H35F2N5O5S. The molecule has 0 unspecified atom stereocenters. The van der Waals surface area contributed by atoms with E-state index in [0.717, 1.165) is 61.6 Å². The van der Waals surface area contributed by atoms with Gasteiger partial charge in [-0.2, -0.15) is 9.40 Å². The smallest absolute Gasteiger partial charge is 0.243 e. The summed E-state index contributed by atoms with van der Waals surface area (Å²) in [6, 6.07) is 8.31. The number of benzene rings is 2. The molecule has 0 bridgehead atoms. The zero-order valence-corrected chi connectivity index (χ0v) is 24.6. The molecule has 0 spiro atoms. The summed E-state index contributed by atoms with van der Waals surface area (Å²) < 4.78 is 66.3. The molecule has 230 valence electrons. The number of Topliss-reactive ketones (excluding diaryl/α,β-unsaturated/α-hetero) is 1. The Morgan fingerprint density at radius 1 is 1.00 bits per heavy atom. The van der Waals surface area contributed by atoms with Crippen molar-refractivity contribution in [1.82, 2.24) is 19.4 Å².